The van der Waals surface area contributed by atoms with Crippen molar-refractivity contribution in [3.63, 3.8) is 0 Å². The van der Waals surface area contributed by atoms with Crippen molar-refractivity contribution in [1.82, 2.24) is 24.9 Å². The van der Waals surface area contributed by atoms with E-state index in [0.717, 1.165) is 0 Å². The quantitative estimate of drug-likeness (QED) is 0.732. The fourth-order valence-corrected chi connectivity index (χ4v) is 3.60. The molecule has 0 radical (unpaired) electrons. The van der Waals surface area contributed by atoms with Crippen LogP contribution >= 0.6 is 0 Å². The van der Waals surface area contributed by atoms with Crippen LogP contribution < -0.4 is 4.90 Å². The van der Waals surface area contributed by atoms with Gasteiger partial charge in [-0.25, -0.2) is 4.98 Å². The summed E-state index contributed by atoms with van der Waals surface area (Å²) < 4.78 is 42.0. The van der Waals surface area contributed by atoms with Crippen LogP contribution in [0.15, 0.2) is 22.9 Å². The number of halogens is 3. The fraction of sp³-hybridized carbons (Fsp3) is 0.500. The molecule has 1 atom stereocenters. The van der Waals surface area contributed by atoms with Gasteiger partial charge < -0.3 is 19.2 Å². The van der Waals surface area contributed by atoms with Gasteiger partial charge in [-0.3, -0.25) is 9.59 Å². The number of hydrogen-bond donors (Lipinski definition) is 0. The molecule has 2 saturated heterocycles. The normalized spacial score (nSPS) is 20.2. The van der Waals surface area contributed by atoms with Crippen molar-refractivity contribution in [3.05, 3.63) is 24.2 Å². The molecule has 4 heterocycles. The van der Waals surface area contributed by atoms with E-state index in [0.29, 0.717) is 44.1 Å². The van der Waals surface area contributed by atoms with Gasteiger partial charge in [0.25, 0.3) is 0 Å². The zero-order chi connectivity index (χ0) is 21.5. The Balaban J connectivity index is 1.35. The lowest BCUT2D eigenvalue weighted by Crippen LogP contribution is -2.50. The molecule has 160 valence electrons. The van der Waals surface area contributed by atoms with Gasteiger partial charge in [-0.1, -0.05) is 5.16 Å². The van der Waals surface area contributed by atoms with Crippen molar-refractivity contribution < 1.29 is 27.3 Å². The number of rotatable bonds is 3. The number of amides is 2. The molecule has 0 N–H and O–H groups in total. The van der Waals surface area contributed by atoms with Gasteiger partial charge in [0.1, 0.15) is 5.82 Å². The first-order valence-electron chi connectivity index (χ1n) is 9.37. The molecule has 0 bridgehead atoms. The van der Waals surface area contributed by atoms with Crippen LogP contribution in [0.5, 0.6) is 0 Å². The van der Waals surface area contributed by atoms with Gasteiger partial charge in [0.15, 0.2) is 0 Å². The fourth-order valence-electron chi connectivity index (χ4n) is 3.60. The third-order valence-corrected chi connectivity index (χ3v) is 5.28. The molecular formula is C18H19F3N6O3. The topological polar surface area (TPSA) is 95.7 Å². The van der Waals surface area contributed by atoms with Gasteiger partial charge in [0, 0.05) is 58.0 Å². The predicted molar refractivity (Wildman–Crippen MR) is 97.1 cm³/mol. The van der Waals surface area contributed by atoms with Gasteiger partial charge in [-0.15, -0.1) is 0 Å². The Bertz CT molecular complexity index is 937. The Morgan fingerprint density at radius 1 is 1.20 bits per heavy atom. The minimum atomic E-state index is -4.70. The van der Waals surface area contributed by atoms with E-state index in [-0.39, 0.29) is 30.0 Å². The molecule has 12 heteroatoms. The Labute approximate surface area is 169 Å². The highest BCUT2D eigenvalue weighted by Gasteiger charge is 2.39. The zero-order valence-electron chi connectivity index (χ0n) is 16.1. The number of piperazine rings is 1. The summed E-state index contributed by atoms with van der Waals surface area (Å²) in [5.74, 6) is -1.26. The number of aromatic nitrogens is 3. The number of carbonyl (C=O) groups is 2. The maximum atomic E-state index is 12.6. The van der Waals surface area contributed by atoms with Gasteiger partial charge in [-0.05, 0) is 12.1 Å². The molecule has 2 aliphatic heterocycles. The Morgan fingerprint density at radius 3 is 2.47 bits per heavy atom. The second-order valence-corrected chi connectivity index (χ2v) is 7.31. The van der Waals surface area contributed by atoms with E-state index >= 15 is 0 Å². The SMILES string of the molecule is CN1CC(C(=O)N2CCN(c3ccc(-c4noc(C(F)(F)F)n4)cn3)CC2)CC1=O. The van der Waals surface area contributed by atoms with Crippen molar-refractivity contribution in [2.45, 2.75) is 12.6 Å². The highest BCUT2D eigenvalue weighted by Crippen LogP contribution is 2.29. The standard InChI is InChI=1S/C18H19F3N6O3/c1-25-10-12(8-14(25)28)16(29)27-6-4-26(5-7-27)13-3-2-11(9-22-13)15-23-17(30-24-15)18(19,20)21/h2-3,9,12H,4-8,10H2,1H3. The van der Waals surface area contributed by atoms with Crippen LogP contribution in [0, 0.1) is 5.92 Å². The lowest BCUT2D eigenvalue weighted by atomic mass is 10.1. The molecule has 30 heavy (non-hydrogen) atoms. The Morgan fingerprint density at radius 2 is 1.93 bits per heavy atom. The molecule has 1 unspecified atom stereocenters. The number of anilines is 1. The molecule has 2 aliphatic rings. The number of pyridine rings is 1. The van der Waals surface area contributed by atoms with Crippen LogP contribution in [0.2, 0.25) is 0 Å². The van der Waals surface area contributed by atoms with Gasteiger partial charge in [-0.2, -0.15) is 18.2 Å². The molecule has 0 aliphatic carbocycles. The summed E-state index contributed by atoms with van der Waals surface area (Å²) in [6.45, 7) is 2.60. The first-order chi connectivity index (χ1) is 14.2. The molecule has 0 spiro atoms. The average Bonchev–Trinajstić information content (AvgIpc) is 3.35. The summed E-state index contributed by atoms with van der Waals surface area (Å²) in [6.07, 6.45) is -3.06. The van der Waals surface area contributed by atoms with E-state index in [2.05, 4.69) is 19.6 Å². The molecule has 2 amide bonds. The smallest absolute Gasteiger partial charge is 0.353 e. The third kappa shape index (κ3) is 3.94. The van der Waals surface area contributed by atoms with Gasteiger partial charge in [0.05, 0.1) is 5.92 Å². The minimum absolute atomic E-state index is 0.00627. The van der Waals surface area contributed by atoms with E-state index in [1.165, 1.54) is 6.20 Å². The minimum Gasteiger partial charge on any atom is -0.353 e. The van der Waals surface area contributed by atoms with Crippen LogP contribution in [-0.2, 0) is 15.8 Å². The molecule has 9 nitrogen and oxygen atoms in total. The Kier molecular flexibility index (Phi) is 5.08. The van der Waals surface area contributed by atoms with Crippen molar-refractivity contribution in [3.8, 4) is 11.4 Å². The molecule has 0 aromatic carbocycles. The summed E-state index contributed by atoms with van der Waals surface area (Å²) in [5, 5.41) is 3.34. The summed E-state index contributed by atoms with van der Waals surface area (Å²) in [6, 6.07) is 3.24. The maximum Gasteiger partial charge on any atom is 0.471 e. The first-order valence-corrected chi connectivity index (χ1v) is 9.37. The monoisotopic (exact) mass is 424 g/mol. The molecule has 4 rings (SSSR count). The van der Waals surface area contributed by atoms with Crippen LogP contribution in [0.4, 0.5) is 19.0 Å². The average molecular weight is 424 g/mol. The summed E-state index contributed by atoms with van der Waals surface area (Å²) in [7, 11) is 1.70. The zero-order valence-corrected chi connectivity index (χ0v) is 16.1. The highest BCUT2D eigenvalue weighted by molar-refractivity contribution is 5.89. The van der Waals surface area contributed by atoms with Gasteiger partial charge >= 0.3 is 12.1 Å². The van der Waals surface area contributed by atoms with Crippen LogP contribution in [0.3, 0.4) is 0 Å². The summed E-state index contributed by atoms with van der Waals surface area (Å²) in [5.41, 5.74) is 0.307. The van der Waals surface area contributed by atoms with Crippen LogP contribution in [0.25, 0.3) is 11.4 Å². The van der Waals surface area contributed by atoms with Crippen LogP contribution in [0.1, 0.15) is 12.3 Å². The van der Waals surface area contributed by atoms with E-state index in [9.17, 15) is 22.8 Å². The highest BCUT2D eigenvalue weighted by atomic mass is 19.4. The number of hydrogen-bond acceptors (Lipinski definition) is 7. The molecule has 2 aromatic heterocycles. The van der Waals surface area contributed by atoms with Crippen molar-refractivity contribution >= 4 is 17.6 Å². The van der Waals surface area contributed by atoms with E-state index < -0.39 is 12.1 Å². The predicted octanol–water partition coefficient (Wildman–Crippen LogP) is 1.28. The maximum absolute atomic E-state index is 12.6. The molecule has 0 saturated carbocycles. The summed E-state index contributed by atoms with van der Waals surface area (Å²) in [4.78, 5) is 37.2. The second kappa shape index (κ2) is 7.58. The summed E-state index contributed by atoms with van der Waals surface area (Å²) >= 11 is 0. The number of likely N-dealkylation sites (tertiary alicyclic amines) is 1. The van der Waals surface area contributed by atoms with Crippen molar-refractivity contribution in [2.24, 2.45) is 5.92 Å². The van der Waals surface area contributed by atoms with E-state index in [1.807, 2.05) is 4.90 Å². The lowest BCUT2D eigenvalue weighted by molar-refractivity contribution is -0.159. The lowest BCUT2D eigenvalue weighted by Gasteiger charge is -2.36. The molecule has 2 aromatic rings. The van der Waals surface area contributed by atoms with Gasteiger partial charge in [0.2, 0.25) is 17.6 Å². The van der Waals surface area contributed by atoms with E-state index in [4.69, 9.17) is 0 Å². The second-order valence-electron chi connectivity index (χ2n) is 7.31. The van der Waals surface area contributed by atoms with Crippen LogP contribution in [-0.4, -0.2) is 76.5 Å². The largest absolute Gasteiger partial charge is 0.471 e. The van der Waals surface area contributed by atoms with E-state index in [1.54, 1.807) is 29.0 Å². The number of carbonyl (C=O) groups excluding carboxylic acids is 2. The van der Waals surface area contributed by atoms with Crippen molar-refractivity contribution in [2.75, 3.05) is 44.7 Å². The number of alkyl halides is 3. The number of nitrogens with zero attached hydrogens (tertiary/aromatic N) is 6. The molecule has 2 fully saturated rings. The third-order valence-electron chi connectivity index (χ3n) is 5.28. The Hall–Kier alpha value is -3.18. The first kappa shape index (κ1) is 20.1. The van der Waals surface area contributed by atoms with Crippen molar-refractivity contribution in [1.29, 1.82) is 0 Å². The molecular weight excluding hydrogens is 405 g/mol.